The lowest BCUT2D eigenvalue weighted by molar-refractivity contribution is -0.123. The molecule has 0 saturated carbocycles. The van der Waals surface area contributed by atoms with Gasteiger partial charge in [0.1, 0.15) is 11.5 Å². The molecular weight excluding hydrogens is 418 g/mol. The van der Waals surface area contributed by atoms with Crippen LogP contribution in [0.5, 0.6) is 11.5 Å². The van der Waals surface area contributed by atoms with Gasteiger partial charge in [0.05, 0.1) is 18.6 Å². The molecule has 4 aromatic rings. The topological polar surface area (TPSA) is 82.5 Å². The minimum Gasteiger partial charge on any atom is -0.494 e. The number of aromatic nitrogens is 2. The van der Waals surface area contributed by atoms with Crippen molar-refractivity contribution in [2.24, 2.45) is 0 Å². The zero-order valence-corrected chi connectivity index (χ0v) is 18.4. The first-order valence-corrected chi connectivity index (χ1v) is 10.8. The number of nitrogens with one attached hydrogen (secondary N) is 1. The normalized spacial score (nSPS) is 10.7. The molecule has 0 bridgehead atoms. The molecule has 0 radical (unpaired) electrons. The molecule has 0 aliphatic carbocycles. The summed E-state index contributed by atoms with van der Waals surface area (Å²) in [5, 5.41) is 4.93. The van der Waals surface area contributed by atoms with E-state index in [4.69, 9.17) is 9.47 Å². The van der Waals surface area contributed by atoms with E-state index in [1.165, 1.54) is 17.0 Å². The third-order valence-electron chi connectivity index (χ3n) is 5.11. The van der Waals surface area contributed by atoms with Crippen LogP contribution < -0.4 is 20.3 Å². The molecule has 0 unspecified atom stereocenters. The summed E-state index contributed by atoms with van der Waals surface area (Å²) in [5.41, 5.74) is 1.24. The lowest BCUT2D eigenvalue weighted by Crippen LogP contribution is -2.33. The maximum atomic E-state index is 12.4. The highest BCUT2D eigenvalue weighted by atomic mass is 16.5. The van der Waals surface area contributed by atoms with Crippen molar-refractivity contribution in [2.75, 3.05) is 19.8 Å². The van der Waals surface area contributed by atoms with Gasteiger partial charge in [-0.2, -0.15) is 0 Å². The highest BCUT2D eigenvalue weighted by Crippen LogP contribution is 2.21. The molecule has 7 nitrogen and oxygen atoms in total. The van der Waals surface area contributed by atoms with Crippen molar-refractivity contribution in [3.63, 3.8) is 0 Å². The molecule has 0 spiro atoms. The molecule has 168 valence electrons. The van der Waals surface area contributed by atoms with E-state index >= 15 is 0 Å². The molecule has 4 rings (SSSR count). The monoisotopic (exact) mass is 443 g/mol. The van der Waals surface area contributed by atoms with Crippen LogP contribution in [0.2, 0.25) is 0 Å². The molecule has 0 saturated heterocycles. The highest BCUT2D eigenvalue weighted by molar-refractivity contribution is 5.84. The lowest BCUT2D eigenvalue weighted by atomic mass is 10.1. The van der Waals surface area contributed by atoms with E-state index in [-0.39, 0.29) is 18.1 Å². The Morgan fingerprint density at radius 1 is 0.939 bits per heavy atom. The number of benzene rings is 3. The van der Waals surface area contributed by atoms with Gasteiger partial charge in [-0.25, -0.2) is 4.98 Å². The summed E-state index contributed by atoms with van der Waals surface area (Å²) in [6, 6.07) is 22.6. The van der Waals surface area contributed by atoms with E-state index < -0.39 is 0 Å². The predicted molar refractivity (Wildman–Crippen MR) is 128 cm³/mol. The summed E-state index contributed by atoms with van der Waals surface area (Å²) >= 11 is 0. The summed E-state index contributed by atoms with van der Waals surface area (Å²) < 4.78 is 12.5. The summed E-state index contributed by atoms with van der Waals surface area (Å²) in [4.78, 5) is 28.9. The van der Waals surface area contributed by atoms with Crippen LogP contribution in [0.15, 0.2) is 83.9 Å². The van der Waals surface area contributed by atoms with Crippen LogP contribution in [0.3, 0.4) is 0 Å². The number of rotatable bonds is 9. The molecule has 0 aliphatic rings. The Morgan fingerprint density at radius 2 is 1.70 bits per heavy atom. The Balaban J connectivity index is 1.27. The number of amides is 1. The number of ether oxygens (including phenoxy) is 2. The molecule has 1 amide bonds. The fraction of sp³-hybridized carbons (Fsp3) is 0.192. The summed E-state index contributed by atoms with van der Waals surface area (Å²) in [6.07, 6.45) is 1.49. The molecule has 33 heavy (non-hydrogen) atoms. The number of carbonyl (C=O) groups is 1. The fourth-order valence-corrected chi connectivity index (χ4v) is 3.41. The van der Waals surface area contributed by atoms with Crippen LogP contribution in [-0.4, -0.2) is 35.2 Å². The zero-order chi connectivity index (χ0) is 23.0. The van der Waals surface area contributed by atoms with Crippen molar-refractivity contribution in [1.82, 2.24) is 14.9 Å². The molecule has 3 aromatic carbocycles. The van der Waals surface area contributed by atoms with Gasteiger partial charge >= 0.3 is 0 Å². The summed E-state index contributed by atoms with van der Waals surface area (Å²) in [7, 11) is 0. The van der Waals surface area contributed by atoms with Crippen LogP contribution in [0.1, 0.15) is 6.92 Å². The first-order valence-electron chi connectivity index (χ1n) is 10.8. The van der Waals surface area contributed by atoms with Gasteiger partial charge in [-0.05, 0) is 54.1 Å². The van der Waals surface area contributed by atoms with Gasteiger partial charge < -0.3 is 14.8 Å². The van der Waals surface area contributed by atoms with E-state index in [1.807, 2.05) is 73.7 Å². The molecule has 0 fully saturated rings. The fourth-order valence-electron chi connectivity index (χ4n) is 3.41. The number of hydrogen-bond donors (Lipinski definition) is 1. The number of nitrogens with zero attached hydrogens (tertiary/aromatic N) is 2. The van der Waals surface area contributed by atoms with E-state index in [9.17, 15) is 9.59 Å². The molecular formula is C26H25N3O4. The van der Waals surface area contributed by atoms with Gasteiger partial charge in [-0.1, -0.05) is 30.3 Å². The van der Waals surface area contributed by atoms with E-state index in [2.05, 4.69) is 10.3 Å². The molecule has 0 aliphatic heterocycles. The SMILES string of the molecule is CCOc1ccc(-c2cc(=O)n(CCNC(=O)COc3ccc4ccccc4c3)cn2)cc1. The highest BCUT2D eigenvalue weighted by Gasteiger charge is 2.06. The molecule has 0 atom stereocenters. The van der Waals surface area contributed by atoms with Crippen LogP contribution in [0.25, 0.3) is 22.0 Å². The Bertz CT molecular complexity index is 1300. The van der Waals surface area contributed by atoms with E-state index in [0.29, 0.717) is 31.1 Å². The van der Waals surface area contributed by atoms with Crippen molar-refractivity contribution in [3.05, 3.63) is 89.5 Å². The summed E-state index contributed by atoms with van der Waals surface area (Å²) in [5.74, 6) is 1.15. The zero-order valence-electron chi connectivity index (χ0n) is 18.4. The second-order valence-electron chi connectivity index (χ2n) is 7.41. The maximum absolute atomic E-state index is 12.4. The van der Waals surface area contributed by atoms with E-state index in [0.717, 1.165) is 22.1 Å². The molecule has 1 aromatic heterocycles. The van der Waals surface area contributed by atoms with Gasteiger partial charge in [0, 0.05) is 24.7 Å². The van der Waals surface area contributed by atoms with Crippen LogP contribution in [0.4, 0.5) is 0 Å². The third-order valence-corrected chi connectivity index (χ3v) is 5.11. The Labute approximate surface area is 191 Å². The predicted octanol–water partition coefficient (Wildman–Crippen LogP) is 3.66. The smallest absolute Gasteiger partial charge is 0.258 e. The standard InChI is InChI=1S/C26H25N3O4/c1-2-32-22-10-8-20(9-11-22)24-16-26(31)29(18-28-24)14-13-27-25(30)17-33-23-12-7-19-5-3-4-6-21(19)15-23/h3-12,15-16,18H,2,13-14,17H2,1H3,(H,27,30). The Hall–Kier alpha value is -4.13. The second-order valence-corrected chi connectivity index (χ2v) is 7.41. The van der Waals surface area contributed by atoms with Crippen LogP contribution in [0, 0.1) is 0 Å². The van der Waals surface area contributed by atoms with Crippen LogP contribution in [-0.2, 0) is 11.3 Å². The molecule has 1 N–H and O–H groups in total. The number of fused-ring (bicyclic) bond motifs is 1. The summed E-state index contributed by atoms with van der Waals surface area (Å²) in [6.45, 7) is 3.04. The van der Waals surface area contributed by atoms with Crippen molar-refractivity contribution in [3.8, 4) is 22.8 Å². The van der Waals surface area contributed by atoms with Gasteiger partial charge in [0.15, 0.2) is 6.61 Å². The van der Waals surface area contributed by atoms with Crippen molar-refractivity contribution in [2.45, 2.75) is 13.5 Å². The van der Waals surface area contributed by atoms with Crippen molar-refractivity contribution < 1.29 is 14.3 Å². The average Bonchev–Trinajstić information content (AvgIpc) is 2.84. The first-order chi connectivity index (χ1) is 16.1. The quantitative estimate of drug-likeness (QED) is 0.427. The van der Waals surface area contributed by atoms with Gasteiger partial charge in [-0.3, -0.25) is 14.2 Å². The van der Waals surface area contributed by atoms with E-state index in [1.54, 1.807) is 0 Å². The Kier molecular flexibility index (Phi) is 6.99. The minimum atomic E-state index is -0.254. The third kappa shape index (κ3) is 5.77. The second kappa shape index (κ2) is 10.5. The first kappa shape index (κ1) is 22.1. The minimum absolute atomic E-state index is 0.0951. The number of hydrogen-bond acceptors (Lipinski definition) is 5. The van der Waals surface area contributed by atoms with Gasteiger partial charge in [-0.15, -0.1) is 0 Å². The van der Waals surface area contributed by atoms with Gasteiger partial charge in [0.25, 0.3) is 11.5 Å². The number of carbonyl (C=O) groups excluding carboxylic acids is 1. The average molecular weight is 444 g/mol. The van der Waals surface area contributed by atoms with Crippen molar-refractivity contribution >= 4 is 16.7 Å². The Morgan fingerprint density at radius 3 is 2.45 bits per heavy atom. The largest absolute Gasteiger partial charge is 0.494 e. The van der Waals surface area contributed by atoms with Crippen molar-refractivity contribution in [1.29, 1.82) is 0 Å². The van der Waals surface area contributed by atoms with Gasteiger partial charge in [0.2, 0.25) is 0 Å². The molecule has 7 heteroatoms. The molecule has 1 heterocycles. The van der Waals surface area contributed by atoms with Crippen LogP contribution >= 0.6 is 0 Å². The lowest BCUT2D eigenvalue weighted by Gasteiger charge is -2.10. The maximum Gasteiger partial charge on any atom is 0.258 e.